The number of hydrogen-bond acceptors (Lipinski definition) is 4. The Kier molecular flexibility index (Phi) is 4.48. The van der Waals surface area contributed by atoms with Crippen LogP contribution in [0.1, 0.15) is 4.88 Å². The minimum Gasteiger partial charge on any atom is -0.396 e. The van der Waals surface area contributed by atoms with Crippen molar-refractivity contribution in [3.8, 4) is 0 Å². The maximum absolute atomic E-state index is 12.9. The number of carbonyl (C=O) groups excluding carboxylic acids is 1. The van der Waals surface area contributed by atoms with Gasteiger partial charge in [0.1, 0.15) is 12.4 Å². The molecule has 0 aliphatic rings. The molecule has 0 unspecified atom stereocenters. The molecule has 100 valence electrons. The minimum absolute atomic E-state index is 0.00250. The van der Waals surface area contributed by atoms with Gasteiger partial charge in [-0.1, -0.05) is 6.07 Å². The van der Waals surface area contributed by atoms with E-state index in [0.29, 0.717) is 12.3 Å². The first kappa shape index (κ1) is 13.5. The largest absolute Gasteiger partial charge is 0.396 e. The quantitative estimate of drug-likeness (QED) is 0.827. The number of anilines is 2. The molecule has 19 heavy (non-hydrogen) atoms. The van der Waals surface area contributed by atoms with Crippen molar-refractivity contribution >= 4 is 28.6 Å². The van der Waals surface area contributed by atoms with E-state index in [1.165, 1.54) is 18.2 Å². The first-order valence-corrected chi connectivity index (χ1v) is 6.48. The third kappa shape index (κ3) is 4.04. The Labute approximate surface area is 114 Å². The van der Waals surface area contributed by atoms with Crippen molar-refractivity contribution < 1.29 is 13.9 Å². The summed E-state index contributed by atoms with van der Waals surface area (Å²) < 4.78 is 18.2. The second kappa shape index (κ2) is 6.31. The highest BCUT2D eigenvalue weighted by molar-refractivity contribution is 7.09. The summed E-state index contributed by atoms with van der Waals surface area (Å²) in [5, 5.41) is 4.53. The summed E-state index contributed by atoms with van der Waals surface area (Å²) in [6, 6.07) is 7.88. The van der Waals surface area contributed by atoms with Gasteiger partial charge >= 0.3 is 0 Å². The second-order valence-corrected chi connectivity index (χ2v) is 4.89. The van der Waals surface area contributed by atoms with Crippen LogP contribution >= 0.6 is 11.3 Å². The number of halogens is 1. The predicted octanol–water partition coefficient (Wildman–Crippen LogP) is 2.62. The van der Waals surface area contributed by atoms with Crippen molar-refractivity contribution in [3.63, 3.8) is 0 Å². The van der Waals surface area contributed by atoms with Gasteiger partial charge in [-0.3, -0.25) is 4.79 Å². The van der Waals surface area contributed by atoms with Gasteiger partial charge in [0, 0.05) is 10.6 Å². The molecule has 0 bridgehead atoms. The van der Waals surface area contributed by atoms with Gasteiger partial charge in [-0.15, -0.1) is 11.3 Å². The van der Waals surface area contributed by atoms with Crippen LogP contribution in [0, 0.1) is 5.82 Å². The molecule has 0 saturated heterocycles. The summed E-state index contributed by atoms with van der Waals surface area (Å²) >= 11 is 1.57. The van der Waals surface area contributed by atoms with Crippen LogP contribution in [0.15, 0.2) is 35.7 Å². The molecule has 1 aromatic heterocycles. The molecular weight excluding hydrogens is 267 g/mol. The standard InChI is InChI=1S/C13H13FN2O2S/c14-11-4-3-9(6-12(11)15)16-13(17)8-18-7-10-2-1-5-19-10/h1-6H,7-8,15H2,(H,16,17). The zero-order chi connectivity index (χ0) is 13.7. The van der Waals surface area contributed by atoms with Crippen LogP contribution in [0.4, 0.5) is 15.8 Å². The molecule has 0 aliphatic heterocycles. The van der Waals surface area contributed by atoms with Gasteiger partial charge in [-0.2, -0.15) is 0 Å². The summed E-state index contributed by atoms with van der Waals surface area (Å²) in [7, 11) is 0. The zero-order valence-electron chi connectivity index (χ0n) is 10.1. The molecule has 3 N–H and O–H groups in total. The fourth-order valence-electron chi connectivity index (χ4n) is 1.46. The van der Waals surface area contributed by atoms with E-state index < -0.39 is 5.82 Å². The molecule has 4 nitrogen and oxygen atoms in total. The molecule has 0 radical (unpaired) electrons. The molecule has 6 heteroatoms. The van der Waals surface area contributed by atoms with Gasteiger partial charge in [0.2, 0.25) is 5.91 Å². The Bertz CT molecular complexity index is 558. The van der Waals surface area contributed by atoms with E-state index >= 15 is 0 Å². The van der Waals surface area contributed by atoms with Crippen molar-refractivity contribution in [1.29, 1.82) is 0 Å². The summed E-state index contributed by atoms with van der Waals surface area (Å²) in [6.07, 6.45) is 0. The van der Waals surface area contributed by atoms with Crippen LogP contribution in [-0.2, 0) is 16.1 Å². The van der Waals surface area contributed by atoms with E-state index in [9.17, 15) is 9.18 Å². The Morgan fingerprint density at radius 2 is 2.26 bits per heavy atom. The van der Waals surface area contributed by atoms with Crippen molar-refractivity contribution in [3.05, 3.63) is 46.4 Å². The molecule has 1 heterocycles. The van der Waals surface area contributed by atoms with Crippen LogP contribution in [-0.4, -0.2) is 12.5 Å². The number of benzene rings is 1. The molecule has 0 fully saturated rings. The molecule has 0 aliphatic carbocycles. The fourth-order valence-corrected chi connectivity index (χ4v) is 2.10. The van der Waals surface area contributed by atoms with E-state index in [2.05, 4.69) is 5.32 Å². The van der Waals surface area contributed by atoms with Gasteiger partial charge in [0.15, 0.2) is 0 Å². The molecule has 2 rings (SSSR count). The average Bonchev–Trinajstić information content (AvgIpc) is 2.87. The van der Waals surface area contributed by atoms with Crippen LogP contribution in [0.25, 0.3) is 0 Å². The highest BCUT2D eigenvalue weighted by Gasteiger charge is 2.05. The van der Waals surface area contributed by atoms with E-state index in [-0.39, 0.29) is 18.2 Å². The molecule has 1 amide bonds. The molecular formula is C13H13FN2O2S. The number of amides is 1. The third-order valence-electron chi connectivity index (χ3n) is 2.34. The number of hydrogen-bond donors (Lipinski definition) is 2. The lowest BCUT2D eigenvalue weighted by Crippen LogP contribution is -2.18. The van der Waals surface area contributed by atoms with E-state index in [4.69, 9.17) is 10.5 Å². The fraction of sp³-hybridized carbons (Fsp3) is 0.154. The maximum atomic E-state index is 12.9. The van der Waals surface area contributed by atoms with Crippen LogP contribution in [0.3, 0.4) is 0 Å². The van der Waals surface area contributed by atoms with Crippen LogP contribution in [0.2, 0.25) is 0 Å². The number of rotatable bonds is 5. The van der Waals surface area contributed by atoms with E-state index in [1.54, 1.807) is 11.3 Å². The number of carbonyl (C=O) groups is 1. The molecule has 0 atom stereocenters. The third-order valence-corrected chi connectivity index (χ3v) is 3.19. The monoisotopic (exact) mass is 280 g/mol. The highest BCUT2D eigenvalue weighted by Crippen LogP contribution is 2.16. The van der Waals surface area contributed by atoms with Gasteiger partial charge in [0.25, 0.3) is 0 Å². The summed E-state index contributed by atoms with van der Waals surface area (Å²) in [5.74, 6) is -0.811. The molecule has 2 aromatic rings. The van der Waals surface area contributed by atoms with Crippen LogP contribution < -0.4 is 11.1 Å². The topological polar surface area (TPSA) is 64.3 Å². The van der Waals surface area contributed by atoms with Crippen LogP contribution in [0.5, 0.6) is 0 Å². The summed E-state index contributed by atoms with van der Waals surface area (Å²) in [6.45, 7) is 0.339. The molecule has 0 spiro atoms. The van der Waals surface area contributed by atoms with Crippen molar-refractivity contribution in [2.24, 2.45) is 0 Å². The number of thiophene rings is 1. The zero-order valence-corrected chi connectivity index (χ0v) is 10.9. The number of nitrogen functional groups attached to an aromatic ring is 1. The lowest BCUT2D eigenvalue weighted by Gasteiger charge is -2.06. The van der Waals surface area contributed by atoms with Gasteiger partial charge in [-0.25, -0.2) is 4.39 Å². The number of ether oxygens (including phenoxy) is 1. The van der Waals surface area contributed by atoms with Gasteiger partial charge < -0.3 is 15.8 Å². The van der Waals surface area contributed by atoms with Gasteiger partial charge in [0.05, 0.1) is 12.3 Å². The van der Waals surface area contributed by atoms with Crippen molar-refractivity contribution in [2.45, 2.75) is 6.61 Å². The Morgan fingerprint density at radius 1 is 1.42 bits per heavy atom. The SMILES string of the molecule is Nc1cc(NC(=O)COCc2cccs2)ccc1F. The lowest BCUT2D eigenvalue weighted by molar-refractivity contribution is -0.120. The highest BCUT2D eigenvalue weighted by atomic mass is 32.1. The van der Waals surface area contributed by atoms with Crippen molar-refractivity contribution in [2.75, 3.05) is 17.7 Å². The second-order valence-electron chi connectivity index (χ2n) is 3.86. The summed E-state index contributed by atoms with van der Waals surface area (Å²) in [5.41, 5.74) is 5.85. The lowest BCUT2D eigenvalue weighted by atomic mass is 10.2. The minimum atomic E-state index is -0.507. The first-order chi connectivity index (χ1) is 9.15. The molecule has 1 aromatic carbocycles. The van der Waals surface area contributed by atoms with Gasteiger partial charge in [-0.05, 0) is 29.6 Å². The Morgan fingerprint density at radius 3 is 2.95 bits per heavy atom. The number of nitrogens with one attached hydrogen (secondary N) is 1. The normalized spacial score (nSPS) is 10.4. The van der Waals surface area contributed by atoms with E-state index in [0.717, 1.165) is 4.88 Å². The Hall–Kier alpha value is -1.92. The Balaban J connectivity index is 1.79. The number of nitrogens with two attached hydrogens (primary N) is 1. The smallest absolute Gasteiger partial charge is 0.250 e. The van der Waals surface area contributed by atoms with E-state index in [1.807, 2.05) is 17.5 Å². The average molecular weight is 280 g/mol. The first-order valence-electron chi connectivity index (χ1n) is 5.60. The molecule has 0 saturated carbocycles. The maximum Gasteiger partial charge on any atom is 0.250 e. The predicted molar refractivity (Wildman–Crippen MR) is 73.4 cm³/mol. The van der Waals surface area contributed by atoms with Crippen molar-refractivity contribution in [1.82, 2.24) is 0 Å². The summed E-state index contributed by atoms with van der Waals surface area (Å²) in [4.78, 5) is 12.6.